The molecule has 1 aliphatic carbocycles. The Hall–Kier alpha value is -1.68. The summed E-state index contributed by atoms with van der Waals surface area (Å²) >= 11 is 0. The monoisotopic (exact) mass is 299 g/mol. The summed E-state index contributed by atoms with van der Waals surface area (Å²) in [5, 5.41) is 0. The van der Waals surface area contributed by atoms with Gasteiger partial charge >= 0.3 is 0 Å². The van der Waals surface area contributed by atoms with Gasteiger partial charge in [0, 0.05) is 24.4 Å². The van der Waals surface area contributed by atoms with E-state index in [1.807, 2.05) is 0 Å². The summed E-state index contributed by atoms with van der Waals surface area (Å²) in [6, 6.07) is 4.44. The second-order valence-corrected chi connectivity index (χ2v) is 6.81. The molecule has 0 bridgehead atoms. The molecule has 1 spiro atoms. The van der Waals surface area contributed by atoms with Gasteiger partial charge < -0.3 is 14.2 Å². The van der Waals surface area contributed by atoms with Gasteiger partial charge in [-0.05, 0) is 55.1 Å². The Bertz CT molecular complexity index is 669. The van der Waals surface area contributed by atoms with Gasteiger partial charge in [-0.1, -0.05) is 0 Å². The van der Waals surface area contributed by atoms with Crippen molar-refractivity contribution in [3.8, 4) is 11.5 Å². The van der Waals surface area contributed by atoms with E-state index >= 15 is 0 Å². The van der Waals surface area contributed by atoms with E-state index in [2.05, 4.69) is 23.1 Å². The molecule has 4 aliphatic rings. The van der Waals surface area contributed by atoms with Crippen LogP contribution in [0.4, 0.5) is 0 Å². The molecule has 0 N–H and O–H groups in total. The van der Waals surface area contributed by atoms with Crippen LogP contribution in [0.15, 0.2) is 24.0 Å². The first-order valence-corrected chi connectivity index (χ1v) is 8.23. The smallest absolute Gasteiger partial charge is 0.231 e. The van der Waals surface area contributed by atoms with E-state index in [9.17, 15) is 0 Å². The molecule has 1 aromatic rings. The summed E-state index contributed by atoms with van der Waals surface area (Å²) in [4.78, 5) is 2.68. The fourth-order valence-electron chi connectivity index (χ4n) is 4.93. The molecule has 1 saturated heterocycles. The van der Waals surface area contributed by atoms with E-state index in [4.69, 9.17) is 14.2 Å². The molecule has 4 nitrogen and oxygen atoms in total. The third kappa shape index (κ3) is 1.56. The lowest BCUT2D eigenvalue weighted by Gasteiger charge is -2.37. The third-order valence-electron chi connectivity index (χ3n) is 5.94. The first-order valence-electron chi connectivity index (χ1n) is 8.23. The predicted octanol–water partition coefficient (Wildman–Crippen LogP) is 2.82. The quantitative estimate of drug-likeness (QED) is 0.798. The van der Waals surface area contributed by atoms with Crippen molar-refractivity contribution in [1.29, 1.82) is 0 Å². The average Bonchev–Trinajstić information content (AvgIpc) is 3.22. The van der Waals surface area contributed by atoms with Crippen molar-refractivity contribution in [3.05, 3.63) is 35.1 Å². The van der Waals surface area contributed by atoms with E-state index in [1.54, 1.807) is 7.11 Å². The topological polar surface area (TPSA) is 30.9 Å². The van der Waals surface area contributed by atoms with Crippen molar-refractivity contribution in [2.75, 3.05) is 27.0 Å². The van der Waals surface area contributed by atoms with Gasteiger partial charge in [0.2, 0.25) is 6.79 Å². The van der Waals surface area contributed by atoms with Gasteiger partial charge in [-0.2, -0.15) is 0 Å². The highest BCUT2D eigenvalue weighted by Gasteiger charge is 2.52. The van der Waals surface area contributed by atoms with E-state index in [1.165, 1.54) is 30.5 Å². The number of hydrogen-bond acceptors (Lipinski definition) is 4. The summed E-state index contributed by atoms with van der Waals surface area (Å²) in [5.41, 5.74) is 3.02. The Morgan fingerprint density at radius 3 is 2.95 bits per heavy atom. The lowest BCUT2D eigenvalue weighted by Crippen LogP contribution is -2.44. The molecule has 1 fully saturated rings. The summed E-state index contributed by atoms with van der Waals surface area (Å²) < 4.78 is 16.8. The van der Waals surface area contributed by atoms with Gasteiger partial charge in [0.1, 0.15) is 0 Å². The molecule has 4 heteroatoms. The van der Waals surface area contributed by atoms with Crippen LogP contribution in [-0.2, 0) is 11.2 Å². The zero-order valence-corrected chi connectivity index (χ0v) is 12.9. The lowest BCUT2D eigenvalue weighted by molar-refractivity contribution is 0.169. The predicted molar refractivity (Wildman–Crippen MR) is 82.3 cm³/mol. The van der Waals surface area contributed by atoms with Gasteiger partial charge in [-0.15, -0.1) is 0 Å². The van der Waals surface area contributed by atoms with Crippen LogP contribution in [0, 0.1) is 0 Å². The zero-order valence-electron chi connectivity index (χ0n) is 12.9. The number of allylic oxidation sites excluding steroid dienone is 1. The molecular weight excluding hydrogens is 278 g/mol. The standard InChI is InChI=1S/C18H21NO3/c1-20-13-8-15-14-9-17-16(21-11-22-17)7-12(14)3-6-19-5-2-4-18(15,19)10-13/h7,9-10,15H,2-6,8,11H2,1H3/t15?,18-/m0/s1. The van der Waals surface area contributed by atoms with Gasteiger partial charge in [-0.25, -0.2) is 0 Å². The Morgan fingerprint density at radius 2 is 2.09 bits per heavy atom. The van der Waals surface area contributed by atoms with E-state index in [-0.39, 0.29) is 5.54 Å². The van der Waals surface area contributed by atoms with Crippen LogP contribution in [0.3, 0.4) is 0 Å². The van der Waals surface area contributed by atoms with E-state index in [0.29, 0.717) is 12.7 Å². The van der Waals surface area contributed by atoms with Crippen molar-refractivity contribution in [2.24, 2.45) is 0 Å². The fourth-order valence-corrected chi connectivity index (χ4v) is 4.93. The van der Waals surface area contributed by atoms with Crippen molar-refractivity contribution < 1.29 is 14.2 Å². The molecular formula is C18H21NO3. The molecule has 3 heterocycles. The summed E-state index contributed by atoms with van der Waals surface area (Å²) in [7, 11) is 1.80. The van der Waals surface area contributed by atoms with Gasteiger partial charge in [0.15, 0.2) is 11.5 Å². The second kappa shape index (κ2) is 4.42. The second-order valence-electron chi connectivity index (χ2n) is 6.81. The van der Waals surface area contributed by atoms with Crippen LogP contribution in [-0.4, -0.2) is 37.4 Å². The molecule has 0 amide bonds. The maximum absolute atomic E-state index is 5.63. The minimum atomic E-state index is 0.157. The van der Waals surface area contributed by atoms with Crippen LogP contribution in [0.2, 0.25) is 0 Å². The van der Waals surface area contributed by atoms with Gasteiger partial charge in [0.05, 0.1) is 12.9 Å². The molecule has 1 unspecified atom stereocenters. The normalized spacial score (nSPS) is 32.0. The summed E-state index contributed by atoms with van der Waals surface area (Å²) in [6.07, 6.45) is 7.02. The Balaban J connectivity index is 1.67. The van der Waals surface area contributed by atoms with Gasteiger partial charge in [-0.3, -0.25) is 4.90 Å². The molecule has 3 aliphatic heterocycles. The highest BCUT2D eigenvalue weighted by atomic mass is 16.7. The molecule has 0 saturated carbocycles. The van der Waals surface area contributed by atoms with Crippen molar-refractivity contribution >= 4 is 0 Å². The molecule has 116 valence electrons. The SMILES string of the molecule is COC1=C[C@]23CCCN2CCc2cc4c(cc2C3C1)OCO4. The Labute approximate surface area is 130 Å². The Morgan fingerprint density at radius 1 is 1.23 bits per heavy atom. The zero-order chi connectivity index (χ0) is 14.7. The van der Waals surface area contributed by atoms with Crippen LogP contribution in [0.5, 0.6) is 11.5 Å². The molecule has 22 heavy (non-hydrogen) atoms. The number of ether oxygens (including phenoxy) is 3. The number of nitrogens with zero attached hydrogens (tertiary/aromatic N) is 1. The number of hydrogen-bond donors (Lipinski definition) is 0. The number of benzene rings is 1. The van der Waals surface area contributed by atoms with Crippen molar-refractivity contribution in [1.82, 2.24) is 4.90 Å². The molecule has 0 radical (unpaired) electrons. The fraction of sp³-hybridized carbons (Fsp3) is 0.556. The first-order chi connectivity index (χ1) is 10.8. The number of fused-ring (bicyclic) bond motifs is 3. The summed E-state index contributed by atoms with van der Waals surface area (Å²) in [6.45, 7) is 2.67. The molecule has 1 aromatic carbocycles. The van der Waals surface area contributed by atoms with Crippen LogP contribution >= 0.6 is 0 Å². The minimum Gasteiger partial charge on any atom is -0.501 e. The average molecular weight is 299 g/mol. The third-order valence-corrected chi connectivity index (χ3v) is 5.94. The maximum atomic E-state index is 5.63. The minimum absolute atomic E-state index is 0.157. The van der Waals surface area contributed by atoms with E-state index in [0.717, 1.165) is 36.6 Å². The van der Waals surface area contributed by atoms with Crippen LogP contribution in [0.25, 0.3) is 0 Å². The van der Waals surface area contributed by atoms with Gasteiger partial charge in [0.25, 0.3) is 0 Å². The highest BCUT2D eigenvalue weighted by molar-refractivity contribution is 5.53. The van der Waals surface area contributed by atoms with Crippen LogP contribution < -0.4 is 9.47 Å². The van der Waals surface area contributed by atoms with Crippen molar-refractivity contribution in [2.45, 2.75) is 37.1 Å². The molecule has 0 aromatic heterocycles. The molecule has 5 rings (SSSR count). The number of methoxy groups -OCH3 is 1. The van der Waals surface area contributed by atoms with Crippen LogP contribution in [0.1, 0.15) is 36.3 Å². The number of rotatable bonds is 1. The van der Waals surface area contributed by atoms with E-state index < -0.39 is 0 Å². The summed E-state index contributed by atoms with van der Waals surface area (Å²) in [5.74, 6) is 3.44. The first kappa shape index (κ1) is 12.8. The lowest BCUT2D eigenvalue weighted by atomic mass is 9.79. The Kier molecular flexibility index (Phi) is 2.57. The largest absolute Gasteiger partial charge is 0.501 e. The van der Waals surface area contributed by atoms with Crippen molar-refractivity contribution in [3.63, 3.8) is 0 Å². The highest BCUT2D eigenvalue weighted by Crippen LogP contribution is 2.54. The maximum Gasteiger partial charge on any atom is 0.231 e. The molecule has 2 atom stereocenters.